The van der Waals surface area contributed by atoms with Crippen LogP contribution < -0.4 is 18.9 Å². The Hall–Kier alpha value is -1.92. The molecule has 0 aliphatic rings. The summed E-state index contributed by atoms with van der Waals surface area (Å²) in [6, 6.07) is 0. The van der Waals surface area contributed by atoms with E-state index in [1.54, 1.807) is 28.4 Å². The molecular weight excluding hydrogens is 396 g/mol. The Morgan fingerprint density at radius 1 is 0.903 bits per heavy atom. The van der Waals surface area contributed by atoms with Crippen molar-refractivity contribution in [2.45, 2.75) is 54.4 Å². The molecule has 6 heteroatoms. The first-order chi connectivity index (χ1) is 14.6. The molecule has 1 aromatic rings. The number of allylic oxidation sites excluding steroid dienone is 2. The van der Waals surface area contributed by atoms with Gasteiger partial charge in [0, 0.05) is 18.2 Å². The van der Waals surface area contributed by atoms with Crippen LogP contribution in [0.5, 0.6) is 23.0 Å². The van der Waals surface area contributed by atoms with E-state index >= 15 is 0 Å². The van der Waals surface area contributed by atoms with Crippen molar-refractivity contribution in [3.05, 3.63) is 22.8 Å². The number of hydrogen-bond acceptors (Lipinski definition) is 6. The van der Waals surface area contributed by atoms with E-state index in [0.717, 1.165) is 24.0 Å². The van der Waals surface area contributed by atoms with E-state index in [0.29, 0.717) is 42.1 Å². The SMILES string of the molecule is COCCOCOc1c(C)c(CC(C)(C)/C=C(\C)CC(C)C)c(OC)c(OC)c1OC. The highest BCUT2D eigenvalue weighted by Gasteiger charge is 2.29. The summed E-state index contributed by atoms with van der Waals surface area (Å²) in [4.78, 5) is 0. The van der Waals surface area contributed by atoms with Gasteiger partial charge in [-0.25, -0.2) is 0 Å². The maximum Gasteiger partial charge on any atom is 0.207 e. The van der Waals surface area contributed by atoms with Crippen LogP contribution in [-0.2, 0) is 15.9 Å². The number of ether oxygens (including phenoxy) is 6. The standard InChI is InChI=1S/C25H42O6/c1-17(2)13-18(3)14-25(5,6)15-20-19(4)21(31-16-30-12-11-26-7)23(28-9)24(29-10)22(20)27-8/h14,17H,11-13,15-16H2,1-10H3/b18-14+. The number of rotatable bonds is 14. The zero-order valence-corrected chi connectivity index (χ0v) is 21.1. The second-order valence-electron chi connectivity index (χ2n) is 8.95. The van der Waals surface area contributed by atoms with Gasteiger partial charge >= 0.3 is 0 Å². The fraction of sp³-hybridized carbons (Fsp3) is 0.680. The Morgan fingerprint density at radius 3 is 2.00 bits per heavy atom. The minimum absolute atomic E-state index is 0.0805. The van der Waals surface area contributed by atoms with Gasteiger partial charge in [0.2, 0.25) is 11.5 Å². The van der Waals surface area contributed by atoms with Crippen LogP contribution in [0.4, 0.5) is 0 Å². The molecule has 0 bridgehead atoms. The van der Waals surface area contributed by atoms with Crippen LogP contribution in [0.25, 0.3) is 0 Å². The van der Waals surface area contributed by atoms with Gasteiger partial charge in [-0.05, 0) is 38.0 Å². The van der Waals surface area contributed by atoms with Crippen molar-refractivity contribution in [2.75, 3.05) is 48.4 Å². The van der Waals surface area contributed by atoms with Gasteiger partial charge in [-0.15, -0.1) is 0 Å². The lowest BCUT2D eigenvalue weighted by molar-refractivity contribution is -0.00995. The maximum atomic E-state index is 5.98. The van der Waals surface area contributed by atoms with Crippen LogP contribution in [0.3, 0.4) is 0 Å². The molecular formula is C25H42O6. The molecule has 0 N–H and O–H groups in total. The smallest absolute Gasteiger partial charge is 0.207 e. The largest absolute Gasteiger partial charge is 0.492 e. The molecule has 0 heterocycles. The van der Waals surface area contributed by atoms with Crippen molar-refractivity contribution in [1.29, 1.82) is 0 Å². The van der Waals surface area contributed by atoms with E-state index in [-0.39, 0.29) is 12.2 Å². The minimum Gasteiger partial charge on any atom is -0.492 e. The van der Waals surface area contributed by atoms with Gasteiger partial charge in [0.05, 0.1) is 34.5 Å². The van der Waals surface area contributed by atoms with Gasteiger partial charge in [-0.2, -0.15) is 0 Å². The Bertz CT molecular complexity index is 721. The minimum atomic E-state index is -0.0805. The third-order valence-electron chi connectivity index (χ3n) is 5.02. The summed E-state index contributed by atoms with van der Waals surface area (Å²) in [7, 11) is 6.49. The predicted octanol–water partition coefficient (Wildman–Crippen LogP) is 5.58. The van der Waals surface area contributed by atoms with Crippen LogP contribution in [0, 0.1) is 18.3 Å². The zero-order valence-electron chi connectivity index (χ0n) is 21.1. The molecule has 0 unspecified atom stereocenters. The van der Waals surface area contributed by atoms with Crippen molar-refractivity contribution in [2.24, 2.45) is 11.3 Å². The summed E-state index contributed by atoms with van der Waals surface area (Å²) in [6.45, 7) is 14.2. The van der Waals surface area contributed by atoms with Crippen LogP contribution in [-0.4, -0.2) is 48.4 Å². The summed E-state index contributed by atoms with van der Waals surface area (Å²) in [5, 5.41) is 0. The highest BCUT2D eigenvalue weighted by molar-refractivity contribution is 5.67. The van der Waals surface area contributed by atoms with E-state index in [1.165, 1.54) is 5.57 Å². The lowest BCUT2D eigenvalue weighted by Gasteiger charge is -2.27. The molecule has 0 saturated carbocycles. The molecule has 0 fully saturated rings. The number of benzene rings is 1. The Balaban J connectivity index is 3.39. The van der Waals surface area contributed by atoms with Crippen LogP contribution >= 0.6 is 0 Å². The third kappa shape index (κ3) is 7.93. The van der Waals surface area contributed by atoms with Crippen molar-refractivity contribution in [3.63, 3.8) is 0 Å². The molecule has 0 atom stereocenters. The molecule has 1 rings (SSSR count). The van der Waals surface area contributed by atoms with Crippen molar-refractivity contribution in [1.82, 2.24) is 0 Å². The normalized spacial score (nSPS) is 12.3. The van der Waals surface area contributed by atoms with E-state index in [1.807, 2.05) is 6.92 Å². The lowest BCUT2D eigenvalue weighted by atomic mass is 9.81. The number of hydrogen-bond donors (Lipinski definition) is 0. The van der Waals surface area contributed by atoms with E-state index in [4.69, 9.17) is 28.4 Å². The fourth-order valence-corrected chi connectivity index (χ4v) is 3.97. The topological polar surface area (TPSA) is 55.4 Å². The number of methoxy groups -OCH3 is 4. The van der Waals surface area contributed by atoms with Gasteiger partial charge < -0.3 is 28.4 Å². The van der Waals surface area contributed by atoms with Crippen molar-refractivity contribution >= 4 is 0 Å². The second-order valence-corrected chi connectivity index (χ2v) is 8.95. The molecule has 31 heavy (non-hydrogen) atoms. The molecule has 0 aromatic heterocycles. The van der Waals surface area contributed by atoms with E-state index < -0.39 is 0 Å². The maximum absolute atomic E-state index is 5.98. The average molecular weight is 439 g/mol. The second kappa shape index (κ2) is 12.8. The molecule has 0 amide bonds. The Kier molecular flexibility index (Phi) is 11.2. The van der Waals surface area contributed by atoms with Crippen LogP contribution in [0.2, 0.25) is 0 Å². The summed E-state index contributed by atoms with van der Waals surface area (Å²) in [5.41, 5.74) is 3.29. The summed E-state index contributed by atoms with van der Waals surface area (Å²) in [5.74, 6) is 2.93. The van der Waals surface area contributed by atoms with Crippen LogP contribution in [0.15, 0.2) is 11.6 Å². The third-order valence-corrected chi connectivity index (χ3v) is 5.02. The highest BCUT2D eigenvalue weighted by Crippen LogP contribution is 2.51. The van der Waals surface area contributed by atoms with Gasteiger partial charge in [0.25, 0.3) is 0 Å². The fourth-order valence-electron chi connectivity index (χ4n) is 3.97. The van der Waals surface area contributed by atoms with Gasteiger partial charge in [0.1, 0.15) is 0 Å². The highest BCUT2D eigenvalue weighted by atomic mass is 16.7. The van der Waals surface area contributed by atoms with E-state index in [2.05, 4.69) is 40.7 Å². The molecule has 1 aromatic carbocycles. The summed E-state index contributed by atoms with van der Waals surface area (Å²) >= 11 is 0. The van der Waals surface area contributed by atoms with Crippen molar-refractivity contribution < 1.29 is 28.4 Å². The monoisotopic (exact) mass is 438 g/mol. The Morgan fingerprint density at radius 2 is 1.48 bits per heavy atom. The summed E-state index contributed by atoms with van der Waals surface area (Å²) in [6.07, 6.45) is 4.20. The first-order valence-corrected chi connectivity index (χ1v) is 10.8. The molecule has 0 radical (unpaired) electrons. The molecule has 0 aliphatic heterocycles. The van der Waals surface area contributed by atoms with Gasteiger partial charge in [-0.3, -0.25) is 0 Å². The van der Waals surface area contributed by atoms with Crippen molar-refractivity contribution in [3.8, 4) is 23.0 Å². The Labute approximate surface area is 188 Å². The quantitative estimate of drug-likeness (QED) is 0.215. The first kappa shape index (κ1) is 27.1. The van der Waals surface area contributed by atoms with Gasteiger partial charge in [0.15, 0.2) is 18.3 Å². The summed E-state index contributed by atoms with van der Waals surface area (Å²) < 4.78 is 33.6. The molecule has 178 valence electrons. The van der Waals surface area contributed by atoms with Crippen LogP contribution in [0.1, 0.15) is 52.2 Å². The lowest BCUT2D eigenvalue weighted by Crippen LogP contribution is -2.16. The predicted molar refractivity (Wildman–Crippen MR) is 125 cm³/mol. The molecule has 0 spiro atoms. The molecule has 0 aliphatic carbocycles. The van der Waals surface area contributed by atoms with Gasteiger partial charge in [-0.1, -0.05) is 39.3 Å². The average Bonchev–Trinajstić information content (AvgIpc) is 2.68. The first-order valence-electron chi connectivity index (χ1n) is 10.8. The van der Waals surface area contributed by atoms with E-state index in [9.17, 15) is 0 Å². The zero-order chi connectivity index (χ0) is 23.6. The molecule has 6 nitrogen and oxygen atoms in total. The molecule has 0 saturated heterocycles.